The van der Waals surface area contributed by atoms with E-state index in [0.29, 0.717) is 5.69 Å². The fourth-order valence-electron chi connectivity index (χ4n) is 4.72. The van der Waals surface area contributed by atoms with E-state index in [1.165, 1.54) is 22.8 Å². The number of fused-ring (bicyclic) bond motifs is 1. The third kappa shape index (κ3) is 4.21. The molecule has 1 N–H and O–H groups in total. The van der Waals surface area contributed by atoms with Crippen molar-refractivity contribution in [2.45, 2.75) is 39.7 Å². The number of para-hydroxylation sites is 1. The maximum absolute atomic E-state index is 13.4. The van der Waals surface area contributed by atoms with Crippen LogP contribution in [0.5, 0.6) is 0 Å². The maximum atomic E-state index is 13.4. The van der Waals surface area contributed by atoms with E-state index in [4.69, 9.17) is 5.10 Å². The van der Waals surface area contributed by atoms with Crippen LogP contribution in [0.3, 0.4) is 0 Å². The third-order valence-electron chi connectivity index (χ3n) is 6.55. The predicted molar refractivity (Wildman–Crippen MR) is 132 cm³/mol. The summed E-state index contributed by atoms with van der Waals surface area (Å²) >= 11 is 2.02. The monoisotopic (exact) mass is 446 g/mol. The number of carbonyl (C=O) groups is 1. The fourth-order valence-corrected chi connectivity index (χ4v) is 5.70. The van der Waals surface area contributed by atoms with Crippen LogP contribution in [0.1, 0.15) is 44.9 Å². The van der Waals surface area contributed by atoms with Crippen LogP contribution >= 0.6 is 11.8 Å². The van der Waals surface area contributed by atoms with Gasteiger partial charge in [-0.05, 0) is 61.9 Å². The molecule has 32 heavy (non-hydrogen) atoms. The van der Waals surface area contributed by atoms with Crippen molar-refractivity contribution in [1.29, 1.82) is 0 Å². The Bertz CT molecular complexity index is 1150. The third-order valence-corrected chi connectivity index (χ3v) is 7.49. The zero-order valence-corrected chi connectivity index (χ0v) is 19.7. The van der Waals surface area contributed by atoms with Crippen LogP contribution in [0.4, 0.5) is 5.69 Å². The molecule has 2 heterocycles. The van der Waals surface area contributed by atoms with Crippen molar-refractivity contribution < 1.29 is 4.79 Å². The smallest absolute Gasteiger partial charge is 0.276 e. The second kappa shape index (κ2) is 9.12. The normalized spacial score (nSPS) is 16.2. The molecule has 1 fully saturated rings. The van der Waals surface area contributed by atoms with Gasteiger partial charge in [-0.2, -0.15) is 16.9 Å². The number of aromatic nitrogens is 2. The first kappa shape index (κ1) is 21.3. The number of nitrogens with zero attached hydrogens (tertiary/aromatic N) is 3. The summed E-state index contributed by atoms with van der Waals surface area (Å²) < 4.78 is 1.99. The van der Waals surface area contributed by atoms with Gasteiger partial charge in [0.2, 0.25) is 0 Å². The summed E-state index contributed by atoms with van der Waals surface area (Å²) in [7, 11) is 0. The standard InChI is InChI=1S/C26H30N4OS/c1-18-10-11-20(17-29-12-14-32-15-13-29)16-22(18)27-26(31)25-21-7-5-9-24(21)30(28-25)23-8-4-3-6-19(23)2/h3-4,6,8,10-11,16H,5,7,9,12-15,17H2,1-2H3,(H,27,31). The Morgan fingerprint density at radius 3 is 2.69 bits per heavy atom. The summed E-state index contributed by atoms with van der Waals surface area (Å²) in [6.45, 7) is 7.33. The van der Waals surface area contributed by atoms with Gasteiger partial charge in [0, 0.05) is 48.1 Å². The number of rotatable bonds is 5. The second-order valence-corrected chi connectivity index (χ2v) is 10.0. The minimum absolute atomic E-state index is 0.106. The van der Waals surface area contributed by atoms with Crippen molar-refractivity contribution in [3.05, 3.63) is 76.1 Å². The Labute approximate surface area is 194 Å². The molecule has 0 spiro atoms. The van der Waals surface area contributed by atoms with Crippen LogP contribution in [0, 0.1) is 13.8 Å². The van der Waals surface area contributed by atoms with Gasteiger partial charge in [-0.3, -0.25) is 9.69 Å². The number of hydrogen-bond acceptors (Lipinski definition) is 4. The average Bonchev–Trinajstić information content (AvgIpc) is 3.40. The molecule has 1 aromatic heterocycles. The lowest BCUT2D eigenvalue weighted by molar-refractivity contribution is 0.102. The molecule has 0 bridgehead atoms. The summed E-state index contributed by atoms with van der Waals surface area (Å²) in [5.74, 6) is 2.29. The predicted octanol–water partition coefficient (Wildman–Crippen LogP) is 4.78. The number of carbonyl (C=O) groups excluding carboxylic acids is 1. The first-order valence-electron chi connectivity index (χ1n) is 11.5. The van der Waals surface area contributed by atoms with Gasteiger partial charge in [-0.1, -0.05) is 30.3 Å². The van der Waals surface area contributed by atoms with Gasteiger partial charge in [0.05, 0.1) is 5.69 Å². The first-order chi connectivity index (χ1) is 15.6. The first-order valence-corrected chi connectivity index (χ1v) is 12.6. The number of anilines is 1. The molecule has 1 aliphatic heterocycles. The molecule has 1 saturated heterocycles. The number of amides is 1. The molecule has 6 heteroatoms. The summed E-state index contributed by atoms with van der Waals surface area (Å²) in [4.78, 5) is 15.8. The molecule has 1 amide bonds. The van der Waals surface area contributed by atoms with Gasteiger partial charge in [-0.15, -0.1) is 0 Å². The zero-order valence-electron chi connectivity index (χ0n) is 18.9. The minimum Gasteiger partial charge on any atom is -0.320 e. The molecule has 2 aliphatic rings. The highest BCUT2D eigenvalue weighted by Gasteiger charge is 2.27. The Hall–Kier alpha value is -2.57. The van der Waals surface area contributed by atoms with Crippen molar-refractivity contribution in [3.63, 3.8) is 0 Å². The fraction of sp³-hybridized carbons (Fsp3) is 0.385. The van der Waals surface area contributed by atoms with E-state index in [1.807, 2.05) is 35.5 Å². The lowest BCUT2D eigenvalue weighted by Crippen LogP contribution is -2.32. The summed E-state index contributed by atoms with van der Waals surface area (Å²) in [5.41, 5.74) is 8.27. The van der Waals surface area contributed by atoms with Gasteiger partial charge < -0.3 is 5.32 Å². The van der Waals surface area contributed by atoms with E-state index in [2.05, 4.69) is 47.5 Å². The molecular formula is C26H30N4OS. The molecule has 3 aromatic rings. The largest absolute Gasteiger partial charge is 0.320 e. The molecule has 0 unspecified atom stereocenters. The number of thioether (sulfide) groups is 1. The molecule has 2 aromatic carbocycles. The van der Waals surface area contributed by atoms with E-state index in [-0.39, 0.29) is 5.91 Å². The van der Waals surface area contributed by atoms with E-state index >= 15 is 0 Å². The van der Waals surface area contributed by atoms with Crippen LogP contribution in [-0.4, -0.2) is 45.2 Å². The average molecular weight is 447 g/mol. The van der Waals surface area contributed by atoms with Gasteiger partial charge in [0.1, 0.15) is 0 Å². The van der Waals surface area contributed by atoms with Crippen LogP contribution in [-0.2, 0) is 19.4 Å². The van der Waals surface area contributed by atoms with Gasteiger partial charge >= 0.3 is 0 Å². The van der Waals surface area contributed by atoms with Crippen LogP contribution < -0.4 is 5.32 Å². The van der Waals surface area contributed by atoms with E-state index in [9.17, 15) is 4.79 Å². The second-order valence-electron chi connectivity index (χ2n) is 8.82. The lowest BCUT2D eigenvalue weighted by atomic mass is 10.1. The molecule has 0 radical (unpaired) electrons. The van der Waals surface area contributed by atoms with E-state index in [1.54, 1.807) is 0 Å². The molecule has 5 rings (SSSR count). The Morgan fingerprint density at radius 1 is 1.06 bits per heavy atom. The molecule has 166 valence electrons. The lowest BCUT2D eigenvalue weighted by Gasteiger charge is -2.26. The minimum atomic E-state index is -0.106. The van der Waals surface area contributed by atoms with Crippen molar-refractivity contribution in [3.8, 4) is 5.69 Å². The van der Waals surface area contributed by atoms with E-state index in [0.717, 1.165) is 67.0 Å². The van der Waals surface area contributed by atoms with Crippen molar-refractivity contribution in [2.24, 2.45) is 0 Å². The molecule has 5 nitrogen and oxygen atoms in total. The highest BCUT2D eigenvalue weighted by Crippen LogP contribution is 2.30. The maximum Gasteiger partial charge on any atom is 0.276 e. The quantitative estimate of drug-likeness (QED) is 0.613. The topological polar surface area (TPSA) is 50.2 Å². The number of nitrogens with one attached hydrogen (secondary N) is 1. The molecular weight excluding hydrogens is 416 g/mol. The number of hydrogen-bond donors (Lipinski definition) is 1. The summed E-state index contributed by atoms with van der Waals surface area (Å²) in [5, 5.41) is 7.97. The number of benzene rings is 2. The SMILES string of the molecule is Cc1ccc(CN2CCSCC2)cc1NC(=O)c1nn(-c2ccccc2C)c2c1CCC2. The molecule has 0 atom stereocenters. The summed E-state index contributed by atoms with van der Waals surface area (Å²) in [6.07, 6.45) is 2.95. The number of aryl methyl sites for hydroxylation is 2. The Morgan fingerprint density at radius 2 is 1.88 bits per heavy atom. The summed E-state index contributed by atoms with van der Waals surface area (Å²) in [6, 6.07) is 14.7. The van der Waals surface area contributed by atoms with Crippen molar-refractivity contribution in [1.82, 2.24) is 14.7 Å². The van der Waals surface area contributed by atoms with Crippen LogP contribution in [0.2, 0.25) is 0 Å². The molecule has 1 aliphatic carbocycles. The highest BCUT2D eigenvalue weighted by molar-refractivity contribution is 7.99. The zero-order chi connectivity index (χ0) is 22.1. The van der Waals surface area contributed by atoms with Crippen molar-refractivity contribution in [2.75, 3.05) is 29.9 Å². The van der Waals surface area contributed by atoms with Gasteiger partial charge in [0.15, 0.2) is 5.69 Å². The Kier molecular flexibility index (Phi) is 6.07. The molecule has 0 saturated carbocycles. The highest BCUT2D eigenvalue weighted by atomic mass is 32.2. The Balaban J connectivity index is 1.40. The van der Waals surface area contributed by atoms with E-state index < -0.39 is 0 Å². The van der Waals surface area contributed by atoms with Gasteiger partial charge in [0.25, 0.3) is 5.91 Å². The van der Waals surface area contributed by atoms with Crippen molar-refractivity contribution >= 4 is 23.4 Å². The van der Waals surface area contributed by atoms with Gasteiger partial charge in [-0.25, -0.2) is 4.68 Å². The van der Waals surface area contributed by atoms with Crippen LogP contribution in [0.15, 0.2) is 42.5 Å². The van der Waals surface area contributed by atoms with Crippen LogP contribution in [0.25, 0.3) is 5.69 Å².